The van der Waals surface area contributed by atoms with Gasteiger partial charge in [-0.2, -0.15) is 0 Å². The topological polar surface area (TPSA) is 21.7 Å². The Kier molecular flexibility index (Phi) is 3.88. The zero-order valence-electron chi connectivity index (χ0n) is 10.9. The van der Waals surface area contributed by atoms with Gasteiger partial charge in [-0.15, -0.1) is 0 Å². The molecule has 0 aromatic heterocycles. The largest absolute Gasteiger partial charge is 0.347 e. The minimum Gasteiger partial charge on any atom is -0.347 e. The number of hydrogen-bond donors (Lipinski definition) is 0. The summed E-state index contributed by atoms with van der Waals surface area (Å²) in [7, 11) is 0. The van der Waals surface area contributed by atoms with E-state index in [1.54, 1.807) is 0 Å². The van der Waals surface area contributed by atoms with Gasteiger partial charge in [-0.1, -0.05) is 13.8 Å². The van der Waals surface area contributed by atoms with Gasteiger partial charge in [0.25, 0.3) is 0 Å². The van der Waals surface area contributed by atoms with E-state index >= 15 is 0 Å². The second-order valence-electron chi connectivity index (χ2n) is 5.62. The van der Waals surface area contributed by atoms with Gasteiger partial charge in [0.05, 0.1) is 13.2 Å². The van der Waals surface area contributed by atoms with Crippen molar-refractivity contribution in [3.05, 3.63) is 0 Å². The molecule has 2 heterocycles. The van der Waals surface area contributed by atoms with Crippen LogP contribution in [0.4, 0.5) is 0 Å². The fraction of sp³-hybridized carbons (Fsp3) is 1.00. The first-order valence-electron chi connectivity index (χ1n) is 6.63. The summed E-state index contributed by atoms with van der Waals surface area (Å²) in [5.74, 6) is 0.568. The Morgan fingerprint density at radius 3 is 2.12 bits per heavy atom. The molecule has 1 atom stereocenters. The molecule has 0 aliphatic carbocycles. The van der Waals surface area contributed by atoms with E-state index in [0.717, 1.165) is 45.1 Å². The number of hydrogen-bond acceptors (Lipinski definition) is 3. The van der Waals surface area contributed by atoms with Crippen molar-refractivity contribution in [1.29, 1.82) is 0 Å². The maximum Gasteiger partial charge on any atom is 0.170 e. The third-order valence-electron chi connectivity index (χ3n) is 3.81. The maximum atomic E-state index is 5.74. The van der Waals surface area contributed by atoms with Gasteiger partial charge in [0.2, 0.25) is 0 Å². The fourth-order valence-corrected chi connectivity index (χ4v) is 2.92. The molecule has 0 N–H and O–H groups in total. The number of piperidine rings is 1. The highest BCUT2D eigenvalue weighted by atomic mass is 16.7. The molecule has 2 aliphatic heterocycles. The molecule has 3 nitrogen and oxygen atoms in total. The van der Waals surface area contributed by atoms with E-state index < -0.39 is 0 Å². The van der Waals surface area contributed by atoms with Crippen molar-refractivity contribution in [2.45, 2.75) is 51.9 Å². The molecule has 2 rings (SSSR count). The molecular weight excluding hydrogens is 202 g/mol. The van der Waals surface area contributed by atoms with Crippen molar-refractivity contribution >= 4 is 0 Å². The fourth-order valence-electron chi connectivity index (χ4n) is 2.92. The molecule has 0 aromatic rings. The lowest BCUT2D eigenvalue weighted by molar-refractivity contribution is -0.187. The summed E-state index contributed by atoms with van der Waals surface area (Å²) in [6, 6.07) is 0.693. The molecule has 1 unspecified atom stereocenters. The van der Waals surface area contributed by atoms with Gasteiger partial charge in [0.1, 0.15) is 0 Å². The number of nitrogens with zero attached hydrogens (tertiary/aromatic N) is 1. The van der Waals surface area contributed by atoms with Crippen LogP contribution in [0.25, 0.3) is 0 Å². The number of likely N-dealkylation sites (tertiary alicyclic amines) is 1. The van der Waals surface area contributed by atoms with E-state index in [2.05, 4.69) is 25.7 Å². The predicted octanol–water partition coefficient (Wildman–Crippen LogP) is 2.26. The van der Waals surface area contributed by atoms with Gasteiger partial charge >= 0.3 is 0 Å². The van der Waals surface area contributed by atoms with Gasteiger partial charge in [0.15, 0.2) is 5.79 Å². The van der Waals surface area contributed by atoms with Crippen molar-refractivity contribution < 1.29 is 9.47 Å². The zero-order valence-corrected chi connectivity index (χ0v) is 10.9. The van der Waals surface area contributed by atoms with E-state index in [-0.39, 0.29) is 5.79 Å². The van der Waals surface area contributed by atoms with Gasteiger partial charge < -0.3 is 14.4 Å². The summed E-state index contributed by atoms with van der Waals surface area (Å²) >= 11 is 0. The molecule has 94 valence electrons. The first kappa shape index (κ1) is 12.3. The average molecular weight is 227 g/mol. The maximum absolute atomic E-state index is 5.74. The van der Waals surface area contributed by atoms with Crippen LogP contribution in [0, 0.1) is 5.92 Å². The molecule has 2 saturated heterocycles. The molecule has 2 fully saturated rings. The SMILES string of the molecule is CC(C)CC(C)N1CCC2(CC1)OCCO2. The summed E-state index contributed by atoms with van der Waals surface area (Å²) in [5, 5.41) is 0. The lowest BCUT2D eigenvalue weighted by Gasteiger charge is -2.40. The Bertz CT molecular complexity index is 214. The van der Waals surface area contributed by atoms with E-state index in [4.69, 9.17) is 9.47 Å². The van der Waals surface area contributed by atoms with Crippen LogP contribution in [-0.4, -0.2) is 43.0 Å². The normalized spacial score (nSPS) is 27.8. The summed E-state index contributed by atoms with van der Waals surface area (Å²) in [6.07, 6.45) is 3.36. The molecule has 0 amide bonds. The quantitative estimate of drug-likeness (QED) is 0.738. The summed E-state index contributed by atoms with van der Waals surface area (Å²) in [6.45, 7) is 10.7. The molecule has 0 bridgehead atoms. The predicted molar refractivity (Wildman–Crippen MR) is 64.4 cm³/mol. The van der Waals surface area contributed by atoms with Crippen LogP contribution in [0.5, 0.6) is 0 Å². The minimum atomic E-state index is -0.214. The second kappa shape index (κ2) is 5.03. The van der Waals surface area contributed by atoms with Gasteiger partial charge in [-0.05, 0) is 19.3 Å². The van der Waals surface area contributed by atoms with E-state index in [1.807, 2.05) is 0 Å². The van der Waals surface area contributed by atoms with Crippen LogP contribution in [0.2, 0.25) is 0 Å². The molecule has 0 saturated carbocycles. The van der Waals surface area contributed by atoms with Gasteiger partial charge in [0, 0.05) is 32.0 Å². The Hall–Kier alpha value is -0.120. The first-order valence-corrected chi connectivity index (χ1v) is 6.63. The summed E-state index contributed by atoms with van der Waals surface area (Å²) in [5.41, 5.74) is 0. The van der Waals surface area contributed by atoms with Crippen molar-refractivity contribution in [1.82, 2.24) is 4.90 Å². The smallest absolute Gasteiger partial charge is 0.170 e. The second-order valence-corrected chi connectivity index (χ2v) is 5.62. The lowest BCUT2D eigenvalue weighted by atomic mass is 9.98. The molecule has 0 aromatic carbocycles. The van der Waals surface area contributed by atoms with Gasteiger partial charge in [-0.3, -0.25) is 0 Å². The Morgan fingerprint density at radius 2 is 1.62 bits per heavy atom. The summed E-state index contributed by atoms with van der Waals surface area (Å²) < 4.78 is 11.5. The molecule has 1 spiro atoms. The third-order valence-corrected chi connectivity index (χ3v) is 3.81. The molecule has 2 aliphatic rings. The molecule has 3 heteroatoms. The highest BCUT2D eigenvalue weighted by molar-refractivity contribution is 4.84. The van der Waals surface area contributed by atoms with Crippen molar-refractivity contribution in [2.24, 2.45) is 5.92 Å². The van der Waals surface area contributed by atoms with Crippen LogP contribution in [0.3, 0.4) is 0 Å². The monoisotopic (exact) mass is 227 g/mol. The van der Waals surface area contributed by atoms with Gasteiger partial charge in [-0.25, -0.2) is 0 Å². The van der Waals surface area contributed by atoms with Crippen molar-refractivity contribution in [2.75, 3.05) is 26.3 Å². The van der Waals surface area contributed by atoms with Crippen molar-refractivity contribution in [3.8, 4) is 0 Å². The van der Waals surface area contributed by atoms with Crippen LogP contribution in [0.15, 0.2) is 0 Å². The average Bonchev–Trinajstić information content (AvgIpc) is 2.66. The van der Waals surface area contributed by atoms with Crippen LogP contribution < -0.4 is 0 Å². The van der Waals surface area contributed by atoms with E-state index in [9.17, 15) is 0 Å². The van der Waals surface area contributed by atoms with Crippen LogP contribution in [0.1, 0.15) is 40.0 Å². The van der Waals surface area contributed by atoms with Crippen molar-refractivity contribution in [3.63, 3.8) is 0 Å². The van der Waals surface area contributed by atoms with Crippen LogP contribution >= 0.6 is 0 Å². The summed E-state index contributed by atoms with van der Waals surface area (Å²) in [4.78, 5) is 2.58. The molecular formula is C13H25NO2. The zero-order chi connectivity index (χ0) is 11.6. The van der Waals surface area contributed by atoms with Crippen LogP contribution in [-0.2, 0) is 9.47 Å². The Balaban J connectivity index is 1.80. The van der Waals surface area contributed by atoms with E-state index in [1.165, 1.54) is 6.42 Å². The highest BCUT2D eigenvalue weighted by Crippen LogP contribution is 2.32. The Morgan fingerprint density at radius 1 is 1.06 bits per heavy atom. The number of ether oxygens (including phenoxy) is 2. The third kappa shape index (κ3) is 2.76. The Labute approximate surface area is 99.1 Å². The molecule has 16 heavy (non-hydrogen) atoms. The van der Waals surface area contributed by atoms with E-state index in [0.29, 0.717) is 6.04 Å². The highest BCUT2D eigenvalue weighted by Gasteiger charge is 2.40. The minimum absolute atomic E-state index is 0.214. The first-order chi connectivity index (χ1) is 7.61. The molecule has 0 radical (unpaired) electrons. The lowest BCUT2D eigenvalue weighted by Crippen LogP contribution is -2.48. The standard InChI is InChI=1S/C13H25NO2/c1-11(2)10-12(3)14-6-4-13(5-7-14)15-8-9-16-13/h11-12H,4-10H2,1-3H3. The number of rotatable bonds is 3.